The molecule has 1 aromatic rings. The second-order valence-electron chi connectivity index (χ2n) is 3.90. The van der Waals surface area contributed by atoms with Crippen molar-refractivity contribution in [1.29, 1.82) is 0 Å². The number of benzene rings is 1. The third kappa shape index (κ3) is 1.24. The average molecular weight is 266 g/mol. The Hall–Kier alpha value is -1.16. The first kappa shape index (κ1) is 9.09. The number of hydrogen-bond donors (Lipinski definition) is 0. The smallest absolute Gasteiger partial charge is 0.261 e. The van der Waals surface area contributed by atoms with Gasteiger partial charge in [0.2, 0.25) is 0 Å². The summed E-state index contributed by atoms with van der Waals surface area (Å²) in [7, 11) is 0. The van der Waals surface area contributed by atoms with Crippen molar-refractivity contribution in [2.75, 3.05) is 0 Å². The molecule has 0 saturated heterocycles. The predicted octanol–water partition coefficient (Wildman–Crippen LogP) is 2.21. The van der Waals surface area contributed by atoms with Crippen LogP contribution in [0.2, 0.25) is 0 Å². The third-order valence-electron chi connectivity index (χ3n) is 2.79. The van der Waals surface area contributed by atoms with Crippen molar-refractivity contribution in [1.82, 2.24) is 4.90 Å². The lowest BCUT2D eigenvalue weighted by Crippen LogP contribution is -2.31. The lowest BCUT2D eigenvalue weighted by Gasteiger charge is -2.11. The van der Waals surface area contributed by atoms with Gasteiger partial charge in [-0.1, -0.05) is 15.9 Å². The molecule has 1 aliphatic carbocycles. The zero-order chi connectivity index (χ0) is 10.6. The second kappa shape index (κ2) is 2.92. The number of imide groups is 1. The summed E-state index contributed by atoms with van der Waals surface area (Å²) >= 11 is 3.30. The number of carbonyl (C=O) groups is 2. The van der Waals surface area contributed by atoms with Crippen molar-refractivity contribution < 1.29 is 9.59 Å². The summed E-state index contributed by atoms with van der Waals surface area (Å²) in [5.41, 5.74) is 1.07. The summed E-state index contributed by atoms with van der Waals surface area (Å²) in [5, 5.41) is 0. The Balaban J connectivity index is 2.12. The molecule has 0 unspecified atom stereocenters. The Morgan fingerprint density at radius 1 is 1.13 bits per heavy atom. The molecule has 1 saturated carbocycles. The van der Waals surface area contributed by atoms with Crippen LogP contribution in [-0.4, -0.2) is 22.8 Å². The number of amides is 2. The standard InChI is InChI=1S/C11H8BrNO2/c12-6-1-4-8-9(5-6)11(15)13(10(8)14)7-2-3-7/h1,4-5,7H,2-3H2. The van der Waals surface area contributed by atoms with Gasteiger partial charge in [-0.15, -0.1) is 0 Å². The maximum atomic E-state index is 11.9. The Kier molecular flexibility index (Phi) is 1.77. The van der Waals surface area contributed by atoms with Gasteiger partial charge < -0.3 is 0 Å². The van der Waals surface area contributed by atoms with Gasteiger partial charge in [-0.3, -0.25) is 14.5 Å². The number of carbonyl (C=O) groups excluding carboxylic acids is 2. The summed E-state index contributed by atoms with van der Waals surface area (Å²) in [4.78, 5) is 25.2. The minimum absolute atomic E-state index is 0.134. The number of hydrogen-bond acceptors (Lipinski definition) is 2. The molecular formula is C11H8BrNO2. The number of halogens is 1. The van der Waals surface area contributed by atoms with Crippen LogP contribution in [0.5, 0.6) is 0 Å². The highest BCUT2D eigenvalue weighted by Gasteiger charge is 2.44. The summed E-state index contributed by atoms with van der Waals surface area (Å²) in [6, 6.07) is 5.37. The topological polar surface area (TPSA) is 37.4 Å². The molecule has 3 rings (SSSR count). The van der Waals surface area contributed by atoms with E-state index in [0.717, 1.165) is 17.3 Å². The van der Waals surface area contributed by atoms with Gasteiger partial charge in [0.15, 0.2) is 0 Å². The lowest BCUT2D eigenvalue weighted by atomic mass is 10.1. The van der Waals surface area contributed by atoms with Gasteiger partial charge >= 0.3 is 0 Å². The maximum absolute atomic E-state index is 11.9. The fourth-order valence-electron chi connectivity index (χ4n) is 1.90. The van der Waals surface area contributed by atoms with E-state index in [1.165, 1.54) is 4.90 Å². The van der Waals surface area contributed by atoms with Crippen LogP contribution in [0, 0.1) is 0 Å². The van der Waals surface area contributed by atoms with Gasteiger partial charge in [-0.2, -0.15) is 0 Å². The first-order valence-electron chi connectivity index (χ1n) is 4.86. The Bertz CT molecular complexity index is 479. The van der Waals surface area contributed by atoms with Crippen LogP contribution < -0.4 is 0 Å². The van der Waals surface area contributed by atoms with Crippen molar-refractivity contribution in [2.24, 2.45) is 0 Å². The molecule has 4 heteroatoms. The van der Waals surface area contributed by atoms with Crippen LogP contribution >= 0.6 is 15.9 Å². The molecule has 15 heavy (non-hydrogen) atoms. The first-order chi connectivity index (χ1) is 7.18. The lowest BCUT2D eigenvalue weighted by molar-refractivity contribution is 0.0642. The third-order valence-corrected chi connectivity index (χ3v) is 3.29. The quantitative estimate of drug-likeness (QED) is 0.731. The van der Waals surface area contributed by atoms with Crippen molar-refractivity contribution >= 4 is 27.7 Å². The Labute approximate surface area is 95.2 Å². The number of nitrogens with zero attached hydrogens (tertiary/aromatic N) is 1. The maximum Gasteiger partial charge on any atom is 0.261 e. The number of fused-ring (bicyclic) bond motifs is 1. The van der Waals surface area contributed by atoms with E-state index >= 15 is 0 Å². The molecule has 0 bridgehead atoms. The van der Waals surface area contributed by atoms with E-state index in [1.54, 1.807) is 18.2 Å². The summed E-state index contributed by atoms with van der Waals surface area (Å²) in [5.74, 6) is -0.274. The fraction of sp³-hybridized carbons (Fsp3) is 0.273. The Morgan fingerprint density at radius 2 is 1.80 bits per heavy atom. The average Bonchev–Trinajstić information content (AvgIpc) is 2.98. The number of rotatable bonds is 1. The predicted molar refractivity (Wildman–Crippen MR) is 57.7 cm³/mol. The minimum atomic E-state index is -0.140. The van der Waals surface area contributed by atoms with Gasteiger partial charge in [-0.25, -0.2) is 0 Å². The molecule has 1 aromatic carbocycles. The van der Waals surface area contributed by atoms with Crippen LogP contribution in [0.25, 0.3) is 0 Å². The molecule has 2 amide bonds. The van der Waals surface area contributed by atoms with Crippen LogP contribution in [0.15, 0.2) is 22.7 Å². The van der Waals surface area contributed by atoms with E-state index in [1.807, 2.05) is 0 Å². The normalized spacial score (nSPS) is 19.7. The van der Waals surface area contributed by atoms with E-state index < -0.39 is 0 Å². The van der Waals surface area contributed by atoms with Gasteiger partial charge in [0.1, 0.15) is 0 Å². The monoisotopic (exact) mass is 265 g/mol. The molecule has 3 nitrogen and oxygen atoms in total. The second-order valence-corrected chi connectivity index (χ2v) is 4.82. The molecule has 0 N–H and O–H groups in total. The van der Waals surface area contributed by atoms with Crippen LogP contribution in [0.3, 0.4) is 0 Å². The van der Waals surface area contributed by atoms with Gasteiger partial charge in [0.05, 0.1) is 11.1 Å². The highest BCUT2D eigenvalue weighted by molar-refractivity contribution is 9.10. The summed E-state index contributed by atoms with van der Waals surface area (Å²) in [6.07, 6.45) is 1.90. The van der Waals surface area contributed by atoms with Gasteiger partial charge in [0, 0.05) is 10.5 Å². The minimum Gasteiger partial charge on any atom is -0.271 e. The van der Waals surface area contributed by atoms with Crippen LogP contribution in [0.1, 0.15) is 33.6 Å². The van der Waals surface area contributed by atoms with E-state index in [2.05, 4.69) is 15.9 Å². The highest BCUT2D eigenvalue weighted by Crippen LogP contribution is 2.35. The van der Waals surface area contributed by atoms with Crippen molar-refractivity contribution in [3.8, 4) is 0 Å². The molecule has 1 aliphatic heterocycles. The zero-order valence-electron chi connectivity index (χ0n) is 7.87. The molecule has 1 heterocycles. The van der Waals surface area contributed by atoms with Crippen molar-refractivity contribution in [3.05, 3.63) is 33.8 Å². The molecule has 0 spiro atoms. The SMILES string of the molecule is O=C1c2ccc(Br)cc2C(=O)N1C1CC1. The van der Waals surface area contributed by atoms with Crippen molar-refractivity contribution in [2.45, 2.75) is 18.9 Å². The summed E-state index contributed by atoms with van der Waals surface area (Å²) in [6.45, 7) is 0. The van der Waals surface area contributed by atoms with Crippen LogP contribution in [-0.2, 0) is 0 Å². The molecule has 0 radical (unpaired) electrons. The van der Waals surface area contributed by atoms with E-state index in [9.17, 15) is 9.59 Å². The van der Waals surface area contributed by atoms with E-state index in [0.29, 0.717) is 11.1 Å². The molecule has 0 atom stereocenters. The van der Waals surface area contributed by atoms with E-state index in [4.69, 9.17) is 0 Å². The molecule has 2 aliphatic rings. The summed E-state index contributed by atoms with van der Waals surface area (Å²) < 4.78 is 0.833. The fourth-order valence-corrected chi connectivity index (χ4v) is 2.26. The van der Waals surface area contributed by atoms with Gasteiger partial charge in [0.25, 0.3) is 11.8 Å². The van der Waals surface area contributed by atoms with E-state index in [-0.39, 0.29) is 17.9 Å². The van der Waals surface area contributed by atoms with Crippen molar-refractivity contribution in [3.63, 3.8) is 0 Å². The Morgan fingerprint density at radius 3 is 2.47 bits per heavy atom. The largest absolute Gasteiger partial charge is 0.271 e. The molecule has 0 aromatic heterocycles. The first-order valence-corrected chi connectivity index (χ1v) is 5.65. The highest BCUT2D eigenvalue weighted by atomic mass is 79.9. The van der Waals surface area contributed by atoms with Gasteiger partial charge in [-0.05, 0) is 31.0 Å². The molecule has 1 fully saturated rings. The molecule has 76 valence electrons. The van der Waals surface area contributed by atoms with Crippen LogP contribution in [0.4, 0.5) is 0 Å². The zero-order valence-corrected chi connectivity index (χ0v) is 9.45. The molecular weight excluding hydrogens is 258 g/mol.